The number of rotatable bonds is 2. The first kappa shape index (κ1) is 11.2. The zero-order chi connectivity index (χ0) is 11.5. The maximum absolute atomic E-state index is 12.2. The first-order valence-corrected chi connectivity index (χ1v) is 6.02. The molecule has 1 aliphatic carbocycles. The Morgan fingerprint density at radius 3 is 2.56 bits per heavy atom. The van der Waals surface area contributed by atoms with Crippen LogP contribution in [0.5, 0.6) is 5.75 Å². The monoisotopic (exact) mass is 218 g/mol. The fourth-order valence-electron chi connectivity index (χ4n) is 2.43. The second kappa shape index (κ2) is 4.69. The molecule has 86 valence electrons. The molecule has 16 heavy (non-hydrogen) atoms. The van der Waals surface area contributed by atoms with Crippen LogP contribution >= 0.6 is 0 Å². The third-order valence-electron chi connectivity index (χ3n) is 3.39. The lowest BCUT2D eigenvalue weighted by molar-refractivity contribution is 0.0887. The van der Waals surface area contributed by atoms with Crippen molar-refractivity contribution in [1.82, 2.24) is 0 Å². The molecule has 0 heterocycles. The summed E-state index contributed by atoms with van der Waals surface area (Å²) in [5.74, 6) is 0.384. The summed E-state index contributed by atoms with van der Waals surface area (Å²) in [6.07, 6.45) is 5.48. The minimum atomic E-state index is 0.122. The van der Waals surface area contributed by atoms with Crippen molar-refractivity contribution in [1.29, 1.82) is 0 Å². The number of Topliss-reactive ketones (excluding diaryl/α,β-unsaturated/α-hetero) is 1. The zero-order valence-corrected chi connectivity index (χ0v) is 9.70. The third kappa shape index (κ3) is 2.26. The van der Waals surface area contributed by atoms with Gasteiger partial charge in [0.2, 0.25) is 0 Å². The van der Waals surface area contributed by atoms with Crippen molar-refractivity contribution >= 4 is 5.78 Å². The van der Waals surface area contributed by atoms with Crippen LogP contribution in [0.4, 0.5) is 0 Å². The van der Waals surface area contributed by atoms with Crippen LogP contribution in [-0.4, -0.2) is 10.9 Å². The van der Waals surface area contributed by atoms with E-state index < -0.39 is 0 Å². The molecule has 0 saturated heterocycles. The Hall–Kier alpha value is -1.31. The molecule has 1 N–H and O–H groups in total. The molecule has 0 unspecified atom stereocenters. The van der Waals surface area contributed by atoms with E-state index in [1.54, 1.807) is 12.1 Å². The second-order valence-electron chi connectivity index (χ2n) is 4.72. The highest BCUT2D eigenvalue weighted by molar-refractivity contribution is 6.00. The number of hydrogen-bond donors (Lipinski definition) is 1. The quantitative estimate of drug-likeness (QED) is 0.772. The van der Waals surface area contributed by atoms with Gasteiger partial charge in [0.15, 0.2) is 5.78 Å². The van der Waals surface area contributed by atoms with Crippen molar-refractivity contribution in [3.05, 3.63) is 29.3 Å². The summed E-state index contributed by atoms with van der Waals surface area (Å²) in [5.41, 5.74) is 1.48. The molecule has 1 aliphatic rings. The van der Waals surface area contributed by atoms with Gasteiger partial charge in [0.1, 0.15) is 5.75 Å². The predicted octanol–water partition coefficient (Wildman–Crippen LogP) is 3.46. The molecule has 0 atom stereocenters. The maximum atomic E-state index is 12.2. The molecule has 0 amide bonds. The minimum absolute atomic E-state index is 0.122. The van der Waals surface area contributed by atoms with E-state index in [0.29, 0.717) is 5.56 Å². The van der Waals surface area contributed by atoms with Crippen molar-refractivity contribution in [2.45, 2.75) is 39.0 Å². The van der Waals surface area contributed by atoms with E-state index in [1.807, 2.05) is 13.0 Å². The fourth-order valence-corrected chi connectivity index (χ4v) is 2.43. The number of phenols is 1. The summed E-state index contributed by atoms with van der Waals surface area (Å²) in [6, 6.07) is 5.30. The third-order valence-corrected chi connectivity index (χ3v) is 3.39. The number of aromatic hydroxyl groups is 1. The van der Waals surface area contributed by atoms with Gasteiger partial charge in [-0.1, -0.05) is 25.3 Å². The summed E-state index contributed by atoms with van der Waals surface area (Å²) < 4.78 is 0. The molecule has 2 nitrogen and oxygen atoms in total. The first-order chi connectivity index (χ1) is 7.68. The normalized spacial score (nSPS) is 17.3. The molecule has 1 fully saturated rings. The van der Waals surface area contributed by atoms with Gasteiger partial charge in [-0.2, -0.15) is 0 Å². The molecule has 1 aromatic rings. The largest absolute Gasteiger partial charge is 0.507 e. The molecule has 1 saturated carbocycles. The number of carbonyl (C=O) groups is 1. The van der Waals surface area contributed by atoms with Crippen molar-refractivity contribution in [3.8, 4) is 5.75 Å². The van der Waals surface area contributed by atoms with Gasteiger partial charge in [0.05, 0.1) is 5.56 Å². The molecule has 0 spiro atoms. The van der Waals surface area contributed by atoms with E-state index in [1.165, 1.54) is 6.42 Å². The molecule has 2 heteroatoms. The van der Waals surface area contributed by atoms with Crippen LogP contribution in [0.1, 0.15) is 48.0 Å². The van der Waals surface area contributed by atoms with Gasteiger partial charge < -0.3 is 5.11 Å². The Balaban J connectivity index is 2.19. The number of benzene rings is 1. The summed E-state index contributed by atoms with van der Waals surface area (Å²) in [4.78, 5) is 12.2. The Labute approximate surface area is 96.3 Å². The minimum Gasteiger partial charge on any atom is -0.507 e. The van der Waals surface area contributed by atoms with Crippen LogP contribution in [0.3, 0.4) is 0 Å². The topological polar surface area (TPSA) is 37.3 Å². The lowest BCUT2D eigenvalue weighted by Gasteiger charge is -2.20. The van der Waals surface area contributed by atoms with E-state index in [4.69, 9.17) is 0 Å². The fraction of sp³-hybridized carbons (Fsp3) is 0.500. The highest BCUT2D eigenvalue weighted by Crippen LogP contribution is 2.30. The molecular formula is C14H18O2. The number of carbonyl (C=O) groups excluding carboxylic acids is 1. The Kier molecular flexibility index (Phi) is 3.28. The van der Waals surface area contributed by atoms with Gasteiger partial charge in [-0.3, -0.25) is 4.79 Å². The number of phenolic OH excluding ortho intramolecular Hbond substituents is 1. The van der Waals surface area contributed by atoms with E-state index in [-0.39, 0.29) is 17.5 Å². The standard InChI is InChI=1S/C14H18O2/c1-10-7-8-12(13(15)9-10)14(16)11-5-3-2-4-6-11/h7-9,11,15H,2-6H2,1H3. The molecule has 0 aliphatic heterocycles. The molecule has 0 bridgehead atoms. The Bertz CT molecular complexity index is 390. The van der Waals surface area contributed by atoms with E-state index in [2.05, 4.69) is 0 Å². The molecular weight excluding hydrogens is 200 g/mol. The highest BCUT2D eigenvalue weighted by Gasteiger charge is 2.24. The number of hydrogen-bond acceptors (Lipinski definition) is 2. The molecule has 0 radical (unpaired) electrons. The van der Waals surface area contributed by atoms with Crippen molar-refractivity contribution < 1.29 is 9.90 Å². The van der Waals surface area contributed by atoms with Crippen molar-refractivity contribution in [2.24, 2.45) is 5.92 Å². The van der Waals surface area contributed by atoms with Gasteiger partial charge >= 0.3 is 0 Å². The Morgan fingerprint density at radius 2 is 1.94 bits per heavy atom. The number of aryl methyl sites for hydroxylation is 1. The average molecular weight is 218 g/mol. The van der Waals surface area contributed by atoms with Gasteiger partial charge in [-0.05, 0) is 37.5 Å². The van der Waals surface area contributed by atoms with Gasteiger partial charge in [0.25, 0.3) is 0 Å². The summed E-state index contributed by atoms with van der Waals surface area (Å²) >= 11 is 0. The zero-order valence-electron chi connectivity index (χ0n) is 9.70. The van der Waals surface area contributed by atoms with Crippen LogP contribution in [-0.2, 0) is 0 Å². The van der Waals surface area contributed by atoms with Gasteiger partial charge in [-0.15, -0.1) is 0 Å². The maximum Gasteiger partial charge on any atom is 0.169 e. The summed E-state index contributed by atoms with van der Waals surface area (Å²) in [7, 11) is 0. The lowest BCUT2D eigenvalue weighted by Crippen LogP contribution is -2.17. The van der Waals surface area contributed by atoms with Crippen LogP contribution < -0.4 is 0 Å². The van der Waals surface area contributed by atoms with Crippen molar-refractivity contribution in [2.75, 3.05) is 0 Å². The SMILES string of the molecule is Cc1ccc(C(=O)C2CCCCC2)c(O)c1. The smallest absolute Gasteiger partial charge is 0.169 e. The van der Waals surface area contributed by atoms with E-state index in [9.17, 15) is 9.90 Å². The predicted molar refractivity (Wildman–Crippen MR) is 63.7 cm³/mol. The van der Waals surface area contributed by atoms with Gasteiger partial charge in [0, 0.05) is 5.92 Å². The van der Waals surface area contributed by atoms with E-state index in [0.717, 1.165) is 31.2 Å². The second-order valence-corrected chi connectivity index (χ2v) is 4.72. The van der Waals surface area contributed by atoms with Crippen molar-refractivity contribution in [3.63, 3.8) is 0 Å². The molecule has 0 aromatic heterocycles. The molecule has 1 aromatic carbocycles. The highest BCUT2D eigenvalue weighted by atomic mass is 16.3. The van der Waals surface area contributed by atoms with Crippen LogP contribution in [0.2, 0.25) is 0 Å². The number of ketones is 1. The molecule has 2 rings (SSSR count). The van der Waals surface area contributed by atoms with Crippen LogP contribution in [0.25, 0.3) is 0 Å². The average Bonchev–Trinajstić information content (AvgIpc) is 2.29. The van der Waals surface area contributed by atoms with Gasteiger partial charge in [-0.25, -0.2) is 0 Å². The van der Waals surface area contributed by atoms with Crippen LogP contribution in [0.15, 0.2) is 18.2 Å². The first-order valence-electron chi connectivity index (χ1n) is 6.02. The van der Waals surface area contributed by atoms with Crippen LogP contribution in [0, 0.1) is 12.8 Å². The summed E-state index contributed by atoms with van der Waals surface area (Å²) in [5, 5.41) is 9.77. The summed E-state index contributed by atoms with van der Waals surface area (Å²) in [6.45, 7) is 1.91. The van der Waals surface area contributed by atoms with E-state index >= 15 is 0 Å². The Morgan fingerprint density at radius 1 is 1.25 bits per heavy atom. The lowest BCUT2D eigenvalue weighted by atomic mass is 9.83.